The predicted molar refractivity (Wildman–Crippen MR) is 125 cm³/mol. The largest absolute Gasteiger partial charge is 0.493 e. The lowest BCUT2D eigenvalue weighted by Gasteiger charge is -2.25. The van der Waals surface area contributed by atoms with Crippen molar-refractivity contribution in [1.29, 1.82) is 0 Å². The molecule has 5 rings (SSSR count). The van der Waals surface area contributed by atoms with Gasteiger partial charge in [0.1, 0.15) is 5.58 Å². The van der Waals surface area contributed by atoms with Crippen LogP contribution in [0.3, 0.4) is 0 Å². The summed E-state index contributed by atoms with van der Waals surface area (Å²) in [4.78, 5) is 28.8. The zero-order chi connectivity index (χ0) is 22.9. The third-order valence-corrected chi connectivity index (χ3v) is 6.08. The number of ether oxygens (including phenoxy) is 2. The van der Waals surface area contributed by atoms with Crippen LogP contribution in [0.2, 0.25) is 0 Å². The minimum Gasteiger partial charge on any atom is -0.493 e. The van der Waals surface area contributed by atoms with Gasteiger partial charge in [-0.3, -0.25) is 9.59 Å². The molecule has 166 valence electrons. The third kappa shape index (κ3) is 3.53. The van der Waals surface area contributed by atoms with Gasteiger partial charge < -0.3 is 18.8 Å². The summed E-state index contributed by atoms with van der Waals surface area (Å²) in [6.07, 6.45) is 0.651. The summed E-state index contributed by atoms with van der Waals surface area (Å²) >= 11 is 0. The first-order chi connectivity index (χ1) is 16.1. The smallest absolute Gasteiger partial charge is 0.290 e. The fourth-order valence-corrected chi connectivity index (χ4v) is 4.46. The minimum absolute atomic E-state index is 0.103. The molecule has 1 aromatic heterocycles. The summed E-state index contributed by atoms with van der Waals surface area (Å²) in [5, 5.41) is 0.458. The predicted octanol–water partition coefficient (Wildman–Crippen LogP) is 4.60. The number of hydrogen-bond donors (Lipinski definition) is 0. The number of fused-ring (bicyclic) bond motifs is 2. The Morgan fingerprint density at radius 1 is 0.879 bits per heavy atom. The van der Waals surface area contributed by atoms with Gasteiger partial charge in [0.25, 0.3) is 5.91 Å². The second-order valence-corrected chi connectivity index (χ2v) is 7.92. The number of hydrogen-bond acceptors (Lipinski definition) is 5. The molecule has 0 spiro atoms. The SMILES string of the molecule is COc1ccc([C@@H]2c3c(oc4ccccc4c3=O)C(=O)N2CCc2ccccc2)cc1OC. The molecule has 1 atom stereocenters. The standard InChI is InChI=1S/C27H23NO5/c1-31-21-13-12-18(16-22(21)32-2)24-23-25(29)19-10-6-7-11-20(19)33-26(23)27(30)28(24)15-14-17-8-4-3-5-9-17/h3-13,16,24H,14-15H2,1-2H3/t24-/m1/s1. The van der Waals surface area contributed by atoms with Crippen molar-refractivity contribution >= 4 is 16.9 Å². The summed E-state index contributed by atoms with van der Waals surface area (Å²) in [6, 6.07) is 21.8. The van der Waals surface area contributed by atoms with Crippen molar-refractivity contribution in [2.24, 2.45) is 0 Å². The van der Waals surface area contributed by atoms with Gasteiger partial charge in [-0.1, -0.05) is 48.5 Å². The van der Waals surface area contributed by atoms with Gasteiger partial charge in [-0.25, -0.2) is 0 Å². The first-order valence-electron chi connectivity index (χ1n) is 10.7. The van der Waals surface area contributed by atoms with Gasteiger partial charge >= 0.3 is 0 Å². The number of amides is 1. The van der Waals surface area contributed by atoms with E-state index in [0.29, 0.717) is 41.0 Å². The first kappa shape index (κ1) is 20.8. The van der Waals surface area contributed by atoms with Crippen molar-refractivity contribution < 1.29 is 18.7 Å². The summed E-state index contributed by atoms with van der Waals surface area (Å²) in [5.74, 6) is 0.923. The summed E-state index contributed by atoms with van der Waals surface area (Å²) in [5.41, 5.74) is 2.44. The van der Waals surface area contributed by atoms with Crippen molar-refractivity contribution in [2.75, 3.05) is 20.8 Å². The Morgan fingerprint density at radius 2 is 1.61 bits per heavy atom. The van der Waals surface area contributed by atoms with Crippen LogP contribution < -0.4 is 14.9 Å². The molecule has 1 amide bonds. The molecule has 1 aliphatic rings. The van der Waals surface area contributed by atoms with Crippen molar-refractivity contribution in [3.05, 3.63) is 105 Å². The maximum atomic E-state index is 13.6. The first-order valence-corrected chi connectivity index (χ1v) is 10.7. The van der Waals surface area contributed by atoms with Crippen LogP contribution in [0.5, 0.6) is 11.5 Å². The van der Waals surface area contributed by atoms with E-state index in [0.717, 1.165) is 11.1 Å². The van der Waals surface area contributed by atoms with E-state index >= 15 is 0 Å². The van der Waals surface area contributed by atoms with Crippen molar-refractivity contribution in [2.45, 2.75) is 12.5 Å². The second-order valence-electron chi connectivity index (χ2n) is 7.92. The minimum atomic E-state index is -0.586. The molecule has 0 saturated carbocycles. The highest BCUT2D eigenvalue weighted by molar-refractivity contribution is 5.99. The average molecular weight is 441 g/mol. The average Bonchev–Trinajstić information content (AvgIpc) is 3.14. The third-order valence-electron chi connectivity index (χ3n) is 6.08. The lowest BCUT2D eigenvalue weighted by molar-refractivity contribution is 0.0730. The van der Waals surface area contributed by atoms with Gasteiger partial charge in [0.05, 0.1) is 31.2 Å². The molecule has 0 fully saturated rings. The number of carbonyl (C=O) groups is 1. The molecule has 0 saturated heterocycles. The van der Waals surface area contributed by atoms with E-state index in [1.165, 1.54) is 0 Å². The van der Waals surface area contributed by atoms with Crippen LogP contribution in [0.1, 0.15) is 33.3 Å². The van der Waals surface area contributed by atoms with E-state index in [9.17, 15) is 9.59 Å². The number of benzene rings is 3. The van der Waals surface area contributed by atoms with Crippen LogP contribution in [-0.4, -0.2) is 31.6 Å². The lowest BCUT2D eigenvalue weighted by Crippen LogP contribution is -2.31. The number of para-hydroxylation sites is 1. The zero-order valence-corrected chi connectivity index (χ0v) is 18.4. The number of methoxy groups -OCH3 is 2. The molecule has 6 heteroatoms. The normalized spacial score (nSPS) is 15.0. The topological polar surface area (TPSA) is 69.0 Å². The lowest BCUT2D eigenvalue weighted by atomic mass is 9.97. The van der Waals surface area contributed by atoms with Crippen molar-refractivity contribution in [3.8, 4) is 11.5 Å². The zero-order valence-electron chi connectivity index (χ0n) is 18.4. The number of nitrogens with zero attached hydrogens (tertiary/aromatic N) is 1. The maximum Gasteiger partial charge on any atom is 0.290 e. The van der Waals surface area contributed by atoms with Gasteiger partial charge in [-0.05, 0) is 41.8 Å². The molecular formula is C27H23NO5. The van der Waals surface area contributed by atoms with Gasteiger partial charge in [0.2, 0.25) is 5.76 Å². The maximum absolute atomic E-state index is 13.6. The van der Waals surface area contributed by atoms with Crippen molar-refractivity contribution in [1.82, 2.24) is 4.90 Å². The molecule has 33 heavy (non-hydrogen) atoms. The fourth-order valence-electron chi connectivity index (χ4n) is 4.46. The van der Waals surface area contributed by atoms with Crippen LogP contribution in [0.15, 0.2) is 82.0 Å². The Balaban J connectivity index is 1.66. The van der Waals surface area contributed by atoms with Gasteiger partial charge in [-0.15, -0.1) is 0 Å². The van der Waals surface area contributed by atoms with Crippen LogP contribution in [0, 0.1) is 0 Å². The summed E-state index contributed by atoms with van der Waals surface area (Å²) < 4.78 is 16.8. The Kier molecular flexibility index (Phi) is 5.34. The number of rotatable bonds is 6. The van der Waals surface area contributed by atoms with E-state index in [-0.39, 0.29) is 17.1 Å². The number of carbonyl (C=O) groups excluding carboxylic acids is 1. The molecular weight excluding hydrogens is 418 g/mol. The quantitative estimate of drug-likeness (QED) is 0.438. The van der Waals surface area contributed by atoms with Crippen LogP contribution in [-0.2, 0) is 6.42 Å². The fraction of sp³-hybridized carbons (Fsp3) is 0.185. The Labute approximate surface area is 191 Å². The van der Waals surface area contributed by atoms with Crippen LogP contribution in [0.4, 0.5) is 0 Å². The van der Waals surface area contributed by atoms with E-state index < -0.39 is 6.04 Å². The Bertz CT molecular complexity index is 1390. The molecule has 0 unspecified atom stereocenters. The van der Waals surface area contributed by atoms with Gasteiger partial charge in [-0.2, -0.15) is 0 Å². The van der Waals surface area contributed by atoms with Crippen LogP contribution >= 0.6 is 0 Å². The molecule has 0 aliphatic carbocycles. The molecule has 0 radical (unpaired) electrons. The molecule has 3 aromatic carbocycles. The van der Waals surface area contributed by atoms with Crippen molar-refractivity contribution in [3.63, 3.8) is 0 Å². The summed E-state index contributed by atoms with van der Waals surface area (Å²) in [7, 11) is 3.13. The highest BCUT2D eigenvalue weighted by Crippen LogP contribution is 2.40. The summed E-state index contributed by atoms with van der Waals surface area (Å²) in [6.45, 7) is 0.432. The van der Waals surface area contributed by atoms with E-state index in [2.05, 4.69) is 0 Å². The van der Waals surface area contributed by atoms with Gasteiger partial charge in [0, 0.05) is 6.54 Å². The molecule has 6 nitrogen and oxygen atoms in total. The van der Waals surface area contributed by atoms with Crippen LogP contribution in [0.25, 0.3) is 11.0 Å². The highest BCUT2D eigenvalue weighted by Gasteiger charge is 2.42. The monoisotopic (exact) mass is 441 g/mol. The molecule has 0 bridgehead atoms. The molecule has 0 N–H and O–H groups in total. The van der Waals surface area contributed by atoms with E-state index in [4.69, 9.17) is 13.9 Å². The molecule has 2 heterocycles. The highest BCUT2D eigenvalue weighted by atomic mass is 16.5. The second kappa shape index (κ2) is 8.47. The van der Waals surface area contributed by atoms with Gasteiger partial charge in [0.15, 0.2) is 16.9 Å². The van der Waals surface area contributed by atoms with E-state index in [1.807, 2.05) is 42.5 Å². The Hall–Kier alpha value is -4.06. The molecule has 1 aliphatic heterocycles. The molecule has 4 aromatic rings. The Morgan fingerprint density at radius 3 is 2.36 bits per heavy atom. The van der Waals surface area contributed by atoms with E-state index in [1.54, 1.807) is 49.5 Å².